The number of rotatable bonds is 15. The first-order chi connectivity index (χ1) is 26.1. The van der Waals surface area contributed by atoms with Crippen molar-refractivity contribution in [3.8, 4) is 34.5 Å². The summed E-state index contributed by atoms with van der Waals surface area (Å²) in [6.45, 7) is 6.53. The molecule has 3 aromatic heterocycles. The molecule has 54 heavy (non-hydrogen) atoms. The Labute approximate surface area is 308 Å². The summed E-state index contributed by atoms with van der Waals surface area (Å²) in [7, 11) is 4.27. The van der Waals surface area contributed by atoms with Crippen LogP contribution in [-0.2, 0) is 27.4 Å². The summed E-state index contributed by atoms with van der Waals surface area (Å²) in [6.07, 6.45) is 0. The Balaban J connectivity index is 1.37. The Morgan fingerprint density at radius 3 is 1.37 bits per heavy atom. The topological polar surface area (TPSA) is 185 Å². The molecule has 0 saturated carbocycles. The van der Waals surface area contributed by atoms with Gasteiger partial charge in [-0.2, -0.15) is 0 Å². The van der Waals surface area contributed by atoms with E-state index in [-0.39, 0.29) is 101 Å². The SMILES string of the molecule is CCOC(=O)c1c(C)oc2cc(OC)c(OCc3oc4cc(OC)c(OCc5oc6cc(OC)c(O)cc6c5C(=O)OCC)cc4c3C(=O)OCC)cc12. The standard InChI is InChI=1S/C39H38O15/c1-8-47-37(41)34-19(4)52-24-15-28(45-6)30(12-21(24)34)50-18-33-36(39(43)49-10-3)22-13-31(29(46-7)16-26(22)54-33)51-17-32-35(38(42)48-9-2)20-11-23(40)27(44-5)14-25(20)53-32/h11-16,40H,8-10,17-18H2,1-7H3. The second-order valence-electron chi connectivity index (χ2n) is 11.6. The van der Waals surface area contributed by atoms with Crippen LogP contribution in [0.25, 0.3) is 32.9 Å². The molecule has 0 fully saturated rings. The second kappa shape index (κ2) is 15.6. The van der Waals surface area contributed by atoms with Gasteiger partial charge >= 0.3 is 17.9 Å². The third-order valence-corrected chi connectivity index (χ3v) is 8.42. The number of fused-ring (bicyclic) bond motifs is 3. The van der Waals surface area contributed by atoms with Crippen LogP contribution in [-0.4, -0.2) is 64.2 Å². The predicted octanol–water partition coefficient (Wildman–Crippen LogP) is 7.65. The first-order valence-corrected chi connectivity index (χ1v) is 16.9. The molecule has 0 bridgehead atoms. The maximum Gasteiger partial charge on any atom is 0.342 e. The highest BCUT2D eigenvalue weighted by Crippen LogP contribution is 2.41. The van der Waals surface area contributed by atoms with Crippen molar-refractivity contribution in [3.05, 3.63) is 70.4 Å². The second-order valence-corrected chi connectivity index (χ2v) is 11.6. The molecule has 0 aliphatic heterocycles. The van der Waals surface area contributed by atoms with Gasteiger partial charge in [0.15, 0.2) is 46.0 Å². The lowest BCUT2D eigenvalue weighted by Gasteiger charge is -2.11. The number of esters is 3. The minimum Gasteiger partial charge on any atom is -0.504 e. The third kappa shape index (κ3) is 6.87. The van der Waals surface area contributed by atoms with Crippen LogP contribution in [0.15, 0.2) is 49.6 Å². The van der Waals surface area contributed by atoms with Gasteiger partial charge in [-0.3, -0.25) is 0 Å². The van der Waals surface area contributed by atoms with E-state index < -0.39 is 17.9 Å². The van der Waals surface area contributed by atoms with Crippen LogP contribution in [0.4, 0.5) is 0 Å². The number of carbonyl (C=O) groups is 3. The number of furan rings is 3. The van der Waals surface area contributed by atoms with E-state index in [0.29, 0.717) is 33.3 Å². The normalized spacial score (nSPS) is 11.2. The van der Waals surface area contributed by atoms with E-state index in [9.17, 15) is 19.5 Å². The Bertz CT molecular complexity index is 2370. The van der Waals surface area contributed by atoms with E-state index >= 15 is 0 Å². The third-order valence-electron chi connectivity index (χ3n) is 8.42. The monoisotopic (exact) mass is 746 g/mol. The van der Waals surface area contributed by atoms with Crippen LogP contribution < -0.4 is 23.7 Å². The minimum absolute atomic E-state index is 0.0633. The van der Waals surface area contributed by atoms with Crippen molar-refractivity contribution in [3.63, 3.8) is 0 Å². The van der Waals surface area contributed by atoms with E-state index in [1.54, 1.807) is 45.9 Å². The maximum absolute atomic E-state index is 13.4. The molecule has 0 aliphatic rings. The van der Waals surface area contributed by atoms with E-state index in [2.05, 4.69) is 0 Å². The van der Waals surface area contributed by atoms with Crippen LogP contribution in [0.2, 0.25) is 0 Å². The Morgan fingerprint density at radius 2 is 0.926 bits per heavy atom. The van der Waals surface area contributed by atoms with Crippen LogP contribution in [0.5, 0.6) is 34.5 Å². The van der Waals surface area contributed by atoms with Gasteiger partial charge in [0.1, 0.15) is 52.4 Å². The molecule has 3 aromatic carbocycles. The van der Waals surface area contributed by atoms with Gasteiger partial charge in [0.2, 0.25) is 0 Å². The van der Waals surface area contributed by atoms with E-state index in [1.807, 2.05) is 0 Å². The molecule has 15 nitrogen and oxygen atoms in total. The Hall–Kier alpha value is -6.51. The lowest BCUT2D eigenvalue weighted by molar-refractivity contribution is 0.0513. The Kier molecular flexibility index (Phi) is 10.8. The van der Waals surface area contributed by atoms with Gasteiger partial charge in [-0.05, 0) is 45.9 Å². The van der Waals surface area contributed by atoms with Crippen molar-refractivity contribution in [2.45, 2.75) is 40.9 Å². The van der Waals surface area contributed by atoms with Crippen molar-refractivity contribution in [2.75, 3.05) is 41.2 Å². The highest BCUT2D eigenvalue weighted by molar-refractivity contribution is 6.07. The van der Waals surface area contributed by atoms with Gasteiger partial charge in [-0.1, -0.05) is 0 Å². The molecule has 284 valence electrons. The summed E-state index contributed by atoms with van der Waals surface area (Å²) in [5.74, 6) is -0.403. The van der Waals surface area contributed by atoms with Crippen LogP contribution in [0.1, 0.15) is 69.1 Å². The number of phenolic OH excluding ortho intramolecular Hbond substituents is 1. The van der Waals surface area contributed by atoms with E-state index in [4.69, 9.17) is 51.1 Å². The number of phenols is 1. The largest absolute Gasteiger partial charge is 0.504 e. The summed E-state index contributed by atoms with van der Waals surface area (Å²) in [5, 5.41) is 11.5. The van der Waals surface area contributed by atoms with Gasteiger partial charge < -0.3 is 56.3 Å². The summed E-state index contributed by atoms with van der Waals surface area (Å²) >= 11 is 0. The average Bonchev–Trinajstić information content (AvgIpc) is 3.80. The summed E-state index contributed by atoms with van der Waals surface area (Å²) < 4.78 is 62.5. The highest BCUT2D eigenvalue weighted by Gasteiger charge is 2.28. The number of carbonyl (C=O) groups excluding carboxylic acids is 3. The van der Waals surface area contributed by atoms with Crippen molar-refractivity contribution in [1.82, 2.24) is 0 Å². The fourth-order valence-corrected chi connectivity index (χ4v) is 6.05. The molecule has 1 N–H and O–H groups in total. The summed E-state index contributed by atoms with van der Waals surface area (Å²) in [4.78, 5) is 39.2. The molecule has 0 saturated heterocycles. The zero-order chi connectivity index (χ0) is 38.7. The first-order valence-electron chi connectivity index (χ1n) is 16.9. The van der Waals surface area contributed by atoms with E-state index in [0.717, 1.165) is 0 Å². The summed E-state index contributed by atoms with van der Waals surface area (Å²) in [6, 6.07) is 9.07. The molecule has 0 atom stereocenters. The van der Waals surface area contributed by atoms with Gasteiger partial charge in [-0.15, -0.1) is 0 Å². The summed E-state index contributed by atoms with van der Waals surface area (Å²) in [5.41, 5.74) is 1.30. The quantitative estimate of drug-likeness (QED) is 0.0797. The van der Waals surface area contributed by atoms with Crippen molar-refractivity contribution < 1.29 is 70.6 Å². The van der Waals surface area contributed by atoms with Gasteiger partial charge in [0.05, 0.1) is 41.2 Å². The maximum atomic E-state index is 13.4. The number of ether oxygens (including phenoxy) is 8. The molecule has 0 radical (unpaired) electrons. The molecule has 0 unspecified atom stereocenters. The van der Waals surface area contributed by atoms with E-state index in [1.165, 1.54) is 39.5 Å². The minimum atomic E-state index is -0.681. The molecule has 0 amide bonds. The Morgan fingerprint density at radius 1 is 0.537 bits per heavy atom. The zero-order valence-electron chi connectivity index (χ0n) is 30.7. The number of hydrogen-bond acceptors (Lipinski definition) is 15. The predicted molar refractivity (Wildman–Crippen MR) is 191 cm³/mol. The molecular formula is C39H38O15. The molecule has 15 heteroatoms. The highest BCUT2D eigenvalue weighted by atomic mass is 16.6. The lowest BCUT2D eigenvalue weighted by atomic mass is 10.1. The fraction of sp³-hybridized carbons (Fsp3) is 0.308. The number of benzene rings is 3. The molecule has 0 spiro atoms. The van der Waals surface area contributed by atoms with Crippen molar-refractivity contribution in [1.29, 1.82) is 0 Å². The van der Waals surface area contributed by atoms with Gasteiger partial charge in [0.25, 0.3) is 0 Å². The number of hydrogen-bond donors (Lipinski definition) is 1. The molecular weight excluding hydrogens is 708 g/mol. The fourth-order valence-electron chi connectivity index (χ4n) is 6.05. The van der Waals surface area contributed by atoms with Crippen molar-refractivity contribution in [2.24, 2.45) is 0 Å². The zero-order valence-corrected chi connectivity index (χ0v) is 30.7. The average molecular weight is 747 g/mol. The van der Waals surface area contributed by atoms with Crippen molar-refractivity contribution >= 4 is 50.8 Å². The number of aryl methyl sites for hydroxylation is 1. The number of aromatic hydroxyl groups is 1. The van der Waals surface area contributed by atoms with Gasteiger partial charge in [-0.25, -0.2) is 14.4 Å². The first kappa shape index (κ1) is 37.3. The van der Waals surface area contributed by atoms with Gasteiger partial charge in [0, 0.05) is 34.4 Å². The van der Waals surface area contributed by atoms with Crippen LogP contribution in [0, 0.1) is 6.92 Å². The molecule has 6 aromatic rings. The smallest absolute Gasteiger partial charge is 0.342 e. The molecule has 0 aliphatic carbocycles. The van der Waals surface area contributed by atoms with Crippen LogP contribution >= 0.6 is 0 Å². The molecule has 6 rings (SSSR count). The number of methoxy groups -OCH3 is 3. The lowest BCUT2D eigenvalue weighted by Crippen LogP contribution is -2.09. The van der Waals surface area contributed by atoms with Crippen LogP contribution in [0.3, 0.4) is 0 Å². The molecule has 3 heterocycles.